The van der Waals surface area contributed by atoms with Crippen molar-refractivity contribution in [3.63, 3.8) is 0 Å². The van der Waals surface area contributed by atoms with E-state index in [2.05, 4.69) is 22.9 Å². The lowest BCUT2D eigenvalue weighted by atomic mass is 9.97. The van der Waals surface area contributed by atoms with Crippen LogP contribution in [0, 0.1) is 23.0 Å². The van der Waals surface area contributed by atoms with E-state index in [1.54, 1.807) is 24.0 Å². The van der Waals surface area contributed by atoms with Crippen LogP contribution in [0.1, 0.15) is 29.3 Å². The minimum absolute atomic E-state index is 0.111. The molecule has 0 bridgehead atoms. The molecule has 0 spiro atoms. The van der Waals surface area contributed by atoms with E-state index < -0.39 is 4.92 Å². The van der Waals surface area contributed by atoms with Gasteiger partial charge in [0.15, 0.2) is 0 Å². The van der Waals surface area contributed by atoms with Crippen molar-refractivity contribution in [2.24, 2.45) is 5.92 Å². The number of piperidine rings is 1. The largest absolute Gasteiger partial charge is 0.337 e. The lowest BCUT2D eigenvalue weighted by Crippen LogP contribution is -2.44. The zero-order valence-electron chi connectivity index (χ0n) is 11.5. The normalized spacial score (nSPS) is 22.6. The number of carbonyl (C=O) groups excluding carboxylic acids is 1. The van der Waals surface area contributed by atoms with Crippen LogP contribution in [0.2, 0.25) is 0 Å². The van der Waals surface area contributed by atoms with Crippen molar-refractivity contribution in [1.29, 1.82) is 0 Å². The molecule has 1 fully saturated rings. The van der Waals surface area contributed by atoms with E-state index in [1.165, 1.54) is 6.07 Å². The van der Waals surface area contributed by atoms with Crippen molar-refractivity contribution in [2.45, 2.75) is 25.1 Å². The monoisotopic (exact) mass is 340 g/mol. The molecule has 1 amide bonds. The molecule has 20 heavy (non-hydrogen) atoms. The van der Waals surface area contributed by atoms with Gasteiger partial charge in [-0.25, -0.2) is 0 Å². The second-order valence-electron chi connectivity index (χ2n) is 5.26. The van der Waals surface area contributed by atoms with Gasteiger partial charge in [-0.2, -0.15) is 0 Å². The number of nitrogens with zero attached hydrogens (tertiary/aromatic N) is 2. The zero-order chi connectivity index (χ0) is 14.9. The molecule has 1 aliphatic rings. The van der Waals surface area contributed by atoms with Gasteiger partial charge >= 0.3 is 0 Å². The quantitative estimate of drug-likeness (QED) is 0.472. The van der Waals surface area contributed by atoms with Gasteiger partial charge in [0.05, 0.1) is 4.92 Å². The Bertz CT molecular complexity index is 547. The summed E-state index contributed by atoms with van der Waals surface area (Å²) in [5.41, 5.74) is 0.750. The Kier molecular flexibility index (Phi) is 4.42. The Morgan fingerprint density at radius 1 is 1.50 bits per heavy atom. The number of nitro benzene ring substituents is 1. The zero-order valence-corrected chi connectivity index (χ0v) is 13.1. The van der Waals surface area contributed by atoms with E-state index in [1.807, 2.05) is 0 Å². The fraction of sp³-hybridized carbons (Fsp3) is 0.500. The fourth-order valence-corrected chi connectivity index (χ4v) is 3.06. The molecule has 0 radical (unpaired) electrons. The molecule has 5 nitrogen and oxygen atoms in total. The Morgan fingerprint density at radius 3 is 2.80 bits per heavy atom. The minimum Gasteiger partial charge on any atom is -0.337 e. The standard InChI is InChI=1S/C14H17BrN2O3/c1-9-6-7-16(8-11(9)15)14(18)13-10(2)4-3-5-12(13)17(19)20/h3-5,9,11H,6-8H2,1-2H3. The van der Waals surface area contributed by atoms with Crippen LogP contribution >= 0.6 is 15.9 Å². The molecule has 0 saturated carbocycles. The van der Waals surface area contributed by atoms with Crippen molar-refractivity contribution in [3.05, 3.63) is 39.4 Å². The third kappa shape index (κ3) is 2.85. The van der Waals surface area contributed by atoms with Gasteiger partial charge in [0.25, 0.3) is 11.6 Å². The number of likely N-dealkylation sites (tertiary alicyclic amines) is 1. The van der Waals surface area contributed by atoms with Gasteiger partial charge in [0.2, 0.25) is 0 Å². The highest BCUT2D eigenvalue weighted by Crippen LogP contribution is 2.28. The summed E-state index contributed by atoms with van der Waals surface area (Å²) in [6.07, 6.45) is 0.904. The molecule has 1 heterocycles. The lowest BCUT2D eigenvalue weighted by Gasteiger charge is -2.34. The minimum atomic E-state index is -0.488. The molecule has 2 unspecified atom stereocenters. The summed E-state index contributed by atoms with van der Waals surface area (Å²) in [4.78, 5) is 25.2. The van der Waals surface area contributed by atoms with Crippen LogP contribution in [0.5, 0.6) is 0 Å². The van der Waals surface area contributed by atoms with Crippen LogP contribution in [0.15, 0.2) is 18.2 Å². The predicted octanol–water partition coefficient (Wildman–Crippen LogP) is 3.15. The Balaban J connectivity index is 2.32. The van der Waals surface area contributed by atoms with Gasteiger partial charge in [0.1, 0.15) is 5.56 Å². The summed E-state index contributed by atoms with van der Waals surface area (Å²) < 4.78 is 0. The molecular formula is C14H17BrN2O3. The molecule has 2 rings (SSSR count). The van der Waals surface area contributed by atoms with Crippen LogP contribution in [0.25, 0.3) is 0 Å². The van der Waals surface area contributed by atoms with E-state index >= 15 is 0 Å². The van der Waals surface area contributed by atoms with Crippen molar-refractivity contribution >= 4 is 27.5 Å². The highest BCUT2D eigenvalue weighted by molar-refractivity contribution is 9.09. The Labute approximate surface area is 126 Å². The predicted molar refractivity (Wildman–Crippen MR) is 80.2 cm³/mol. The number of hydrogen-bond acceptors (Lipinski definition) is 3. The van der Waals surface area contributed by atoms with Gasteiger partial charge in [-0.05, 0) is 24.8 Å². The number of nitro groups is 1. The fourth-order valence-electron chi connectivity index (χ4n) is 2.45. The van der Waals surface area contributed by atoms with E-state index in [9.17, 15) is 14.9 Å². The van der Waals surface area contributed by atoms with Crippen molar-refractivity contribution in [3.8, 4) is 0 Å². The third-order valence-electron chi connectivity index (χ3n) is 3.82. The van der Waals surface area contributed by atoms with Gasteiger partial charge in [-0.1, -0.05) is 35.0 Å². The second kappa shape index (κ2) is 5.91. The first-order chi connectivity index (χ1) is 9.41. The molecule has 1 saturated heterocycles. The van der Waals surface area contributed by atoms with Crippen LogP contribution in [0.3, 0.4) is 0 Å². The van der Waals surface area contributed by atoms with Crippen LogP contribution in [-0.4, -0.2) is 33.6 Å². The first kappa shape index (κ1) is 15.0. The maximum atomic E-state index is 12.6. The van der Waals surface area contributed by atoms with Crippen LogP contribution in [0.4, 0.5) is 5.69 Å². The number of aryl methyl sites for hydroxylation is 1. The average molecular weight is 341 g/mol. The van der Waals surface area contributed by atoms with Gasteiger partial charge in [-0.15, -0.1) is 0 Å². The second-order valence-corrected chi connectivity index (χ2v) is 6.44. The van der Waals surface area contributed by atoms with Gasteiger partial charge in [-0.3, -0.25) is 14.9 Å². The number of amides is 1. The number of carbonyl (C=O) groups is 1. The average Bonchev–Trinajstić information content (AvgIpc) is 2.40. The van der Waals surface area contributed by atoms with E-state index in [4.69, 9.17) is 0 Å². The molecule has 2 atom stereocenters. The summed E-state index contributed by atoms with van der Waals surface area (Å²) in [7, 11) is 0. The van der Waals surface area contributed by atoms with Crippen molar-refractivity contribution < 1.29 is 9.72 Å². The molecule has 1 aliphatic heterocycles. The van der Waals surface area contributed by atoms with E-state index in [0.717, 1.165) is 6.42 Å². The molecule has 1 aromatic carbocycles. The number of rotatable bonds is 2. The van der Waals surface area contributed by atoms with E-state index in [-0.39, 0.29) is 22.0 Å². The van der Waals surface area contributed by atoms with Crippen molar-refractivity contribution in [2.75, 3.05) is 13.1 Å². The first-order valence-electron chi connectivity index (χ1n) is 6.59. The molecule has 6 heteroatoms. The molecular weight excluding hydrogens is 324 g/mol. The van der Waals surface area contributed by atoms with Gasteiger partial charge < -0.3 is 4.90 Å². The third-order valence-corrected chi connectivity index (χ3v) is 5.01. The first-order valence-corrected chi connectivity index (χ1v) is 7.50. The lowest BCUT2D eigenvalue weighted by molar-refractivity contribution is -0.385. The number of alkyl halides is 1. The maximum absolute atomic E-state index is 12.6. The highest BCUT2D eigenvalue weighted by Gasteiger charge is 2.31. The smallest absolute Gasteiger partial charge is 0.282 e. The summed E-state index contributed by atoms with van der Waals surface area (Å²) in [6, 6.07) is 4.73. The van der Waals surface area contributed by atoms with Crippen LogP contribution < -0.4 is 0 Å². The summed E-state index contributed by atoms with van der Waals surface area (Å²) >= 11 is 3.57. The van der Waals surface area contributed by atoms with Crippen molar-refractivity contribution in [1.82, 2.24) is 4.90 Å². The number of halogens is 1. The molecule has 0 N–H and O–H groups in total. The molecule has 0 aliphatic carbocycles. The SMILES string of the molecule is Cc1cccc([N+](=O)[O-])c1C(=O)N1CCC(C)C(Br)C1. The summed E-state index contributed by atoms with van der Waals surface area (Å²) in [5, 5.41) is 11.1. The van der Waals surface area contributed by atoms with E-state index in [0.29, 0.717) is 24.6 Å². The summed E-state index contributed by atoms with van der Waals surface area (Å²) in [6.45, 7) is 5.11. The van der Waals surface area contributed by atoms with Gasteiger partial charge in [0, 0.05) is 24.0 Å². The molecule has 108 valence electrons. The van der Waals surface area contributed by atoms with Crippen LogP contribution in [-0.2, 0) is 0 Å². The maximum Gasteiger partial charge on any atom is 0.282 e. The topological polar surface area (TPSA) is 63.5 Å². The highest BCUT2D eigenvalue weighted by atomic mass is 79.9. The number of hydrogen-bond donors (Lipinski definition) is 0. The molecule has 1 aromatic rings. The summed E-state index contributed by atoms with van der Waals surface area (Å²) in [5.74, 6) is 0.261. The number of benzene rings is 1. The molecule has 0 aromatic heterocycles. The Hall–Kier alpha value is -1.43. The Morgan fingerprint density at radius 2 is 2.20 bits per heavy atom.